The van der Waals surface area contributed by atoms with E-state index in [1.807, 2.05) is 16.8 Å². The van der Waals surface area contributed by atoms with Gasteiger partial charge in [0.05, 0.1) is 41.3 Å². The van der Waals surface area contributed by atoms with Gasteiger partial charge in [0.15, 0.2) is 6.23 Å². The minimum Gasteiger partial charge on any atom is -0.384 e. The van der Waals surface area contributed by atoms with E-state index in [4.69, 9.17) is 16.3 Å². The number of hydrogen-bond acceptors (Lipinski definition) is 7. The van der Waals surface area contributed by atoms with E-state index in [1.54, 1.807) is 49.5 Å². The second kappa shape index (κ2) is 8.49. The summed E-state index contributed by atoms with van der Waals surface area (Å²) in [4.78, 5) is 21.4. The molecule has 172 valence electrons. The van der Waals surface area contributed by atoms with Crippen molar-refractivity contribution in [2.45, 2.75) is 38.4 Å². The van der Waals surface area contributed by atoms with Crippen LogP contribution in [0, 0.1) is 0 Å². The van der Waals surface area contributed by atoms with Gasteiger partial charge in [-0.15, -0.1) is 5.10 Å². The SMILES string of the molecule is CO[C@@H]1c2ccc(C(C)(O)CN3CCn4nncc4C3)cc2C(=O)N1Cc1ccc(Cl)cn1. The molecule has 4 heterocycles. The Morgan fingerprint density at radius 1 is 1.24 bits per heavy atom. The Kier molecular flexibility index (Phi) is 5.65. The first-order valence-corrected chi connectivity index (χ1v) is 11.1. The van der Waals surface area contributed by atoms with Gasteiger partial charge in [-0.05, 0) is 30.7 Å². The first-order chi connectivity index (χ1) is 15.9. The van der Waals surface area contributed by atoms with Gasteiger partial charge < -0.3 is 14.7 Å². The number of aliphatic hydroxyl groups is 1. The highest BCUT2D eigenvalue weighted by atomic mass is 35.5. The molecule has 5 rings (SSSR count). The van der Waals surface area contributed by atoms with E-state index < -0.39 is 11.8 Å². The standard InChI is InChI=1S/C23H25ClN6O3/c1-23(32,14-28-7-8-30-18(13-28)11-26-27-30)15-3-6-19-20(9-15)21(31)29(22(19)33-2)12-17-5-4-16(24)10-25-17/h3-6,9-11,22,32H,7-8,12-14H2,1-2H3/t22-,23?/m1/s1. The average Bonchev–Trinajstić information content (AvgIpc) is 3.37. The van der Waals surface area contributed by atoms with E-state index >= 15 is 0 Å². The number of hydrogen-bond donors (Lipinski definition) is 1. The summed E-state index contributed by atoms with van der Waals surface area (Å²) in [7, 11) is 1.58. The van der Waals surface area contributed by atoms with Crippen LogP contribution in [0.4, 0.5) is 0 Å². The molecule has 2 atom stereocenters. The number of benzene rings is 1. The molecule has 33 heavy (non-hydrogen) atoms. The number of halogens is 1. The van der Waals surface area contributed by atoms with E-state index in [2.05, 4.69) is 20.2 Å². The lowest BCUT2D eigenvalue weighted by Gasteiger charge is -2.34. The van der Waals surface area contributed by atoms with Crippen molar-refractivity contribution in [1.82, 2.24) is 29.8 Å². The molecule has 0 saturated heterocycles. The van der Waals surface area contributed by atoms with Crippen LogP contribution in [0.2, 0.25) is 5.02 Å². The lowest BCUT2D eigenvalue weighted by atomic mass is 9.92. The van der Waals surface area contributed by atoms with E-state index in [9.17, 15) is 9.90 Å². The second-order valence-electron chi connectivity index (χ2n) is 8.72. The zero-order valence-electron chi connectivity index (χ0n) is 18.5. The fraction of sp³-hybridized carbons (Fsp3) is 0.391. The van der Waals surface area contributed by atoms with Crippen molar-refractivity contribution >= 4 is 17.5 Å². The number of β-amino-alcohol motifs (C(OH)–C–C–N with tert-alkyl or cyclic N) is 1. The Balaban J connectivity index is 1.36. The number of carbonyl (C=O) groups excluding carboxylic acids is 1. The maximum atomic E-state index is 13.3. The summed E-state index contributed by atoms with van der Waals surface area (Å²) in [6, 6.07) is 9.07. The van der Waals surface area contributed by atoms with E-state index in [0.717, 1.165) is 24.3 Å². The predicted octanol–water partition coefficient (Wildman–Crippen LogP) is 2.35. The average molecular weight is 469 g/mol. The van der Waals surface area contributed by atoms with Crippen molar-refractivity contribution in [3.63, 3.8) is 0 Å². The summed E-state index contributed by atoms with van der Waals surface area (Å²) < 4.78 is 7.54. The van der Waals surface area contributed by atoms with Crippen molar-refractivity contribution in [2.24, 2.45) is 0 Å². The molecule has 2 aliphatic rings. The Morgan fingerprint density at radius 3 is 2.85 bits per heavy atom. The molecule has 0 radical (unpaired) electrons. The van der Waals surface area contributed by atoms with E-state index in [-0.39, 0.29) is 5.91 Å². The second-order valence-corrected chi connectivity index (χ2v) is 9.16. The summed E-state index contributed by atoms with van der Waals surface area (Å²) in [5.74, 6) is -0.154. The largest absolute Gasteiger partial charge is 0.384 e. The Bertz CT molecular complexity index is 1180. The highest BCUT2D eigenvalue weighted by molar-refractivity contribution is 6.30. The number of rotatable bonds is 6. The number of fused-ring (bicyclic) bond motifs is 2. The first kappa shape index (κ1) is 22.0. The number of ether oxygens (including phenoxy) is 1. The van der Waals surface area contributed by atoms with Gasteiger partial charge >= 0.3 is 0 Å². The highest BCUT2D eigenvalue weighted by Gasteiger charge is 2.39. The lowest BCUT2D eigenvalue weighted by molar-refractivity contribution is -0.0167. The van der Waals surface area contributed by atoms with E-state index in [1.165, 1.54) is 0 Å². The molecule has 1 aromatic carbocycles. The number of pyridine rings is 1. The van der Waals surface area contributed by atoms with Crippen LogP contribution in [0.5, 0.6) is 0 Å². The summed E-state index contributed by atoms with van der Waals surface area (Å²) in [5.41, 5.74) is 2.61. The van der Waals surface area contributed by atoms with Crippen molar-refractivity contribution in [2.75, 3.05) is 20.2 Å². The molecule has 1 unspecified atom stereocenters. The zero-order valence-corrected chi connectivity index (χ0v) is 19.2. The third-order valence-corrected chi connectivity index (χ3v) is 6.53. The molecule has 3 aromatic rings. The van der Waals surface area contributed by atoms with Gasteiger partial charge in [-0.25, -0.2) is 4.68 Å². The molecule has 0 aliphatic carbocycles. The quantitative estimate of drug-likeness (QED) is 0.593. The molecule has 2 aliphatic heterocycles. The van der Waals surface area contributed by atoms with Crippen LogP contribution in [0.25, 0.3) is 0 Å². The zero-order chi connectivity index (χ0) is 23.2. The summed E-state index contributed by atoms with van der Waals surface area (Å²) in [6.45, 7) is 4.67. The summed E-state index contributed by atoms with van der Waals surface area (Å²) in [5, 5.41) is 19.9. The molecule has 0 fully saturated rings. The lowest BCUT2D eigenvalue weighted by Crippen LogP contribution is -2.43. The molecule has 1 amide bonds. The molecular formula is C23H25ClN6O3. The maximum Gasteiger partial charge on any atom is 0.256 e. The Morgan fingerprint density at radius 2 is 2.09 bits per heavy atom. The number of carbonyl (C=O) groups is 1. The van der Waals surface area contributed by atoms with Crippen LogP contribution in [-0.4, -0.2) is 61.0 Å². The number of methoxy groups -OCH3 is 1. The molecule has 1 N–H and O–H groups in total. The van der Waals surface area contributed by atoms with Crippen molar-refractivity contribution < 1.29 is 14.6 Å². The van der Waals surface area contributed by atoms with Gasteiger partial charge in [0.25, 0.3) is 5.91 Å². The summed E-state index contributed by atoms with van der Waals surface area (Å²) in [6.07, 6.45) is 2.80. The fourth-order valence-electron chi connectivity index (χ4n) is 4.60. The van der Waals surface area contributed by atoms with Gasteiger partial charge in [0.1, 0.15) is 0 Å². The monoisotopic (exact) mass is 468 g/mol. The third kappa shape index (κ3) is 4.13. The van der Waals surface area contributed by atoms with Crippen LogP contribution in [-0.2, 0) is 30.0 Å². The molecule has 0 spiro atoms. The molecule has 2 aromatic heterocycles. The van der Waals surface area contributed by atoms with Crippen molar-refractivity contribution in [3.05, 3.63) is 75.8 Å². The van der Waals surface area contributed by atoms with E-state index in [0.29, 0.717) is 41.5 Å². The van der Waals surface area contributed by atoms with Gasteiger partial charge in [0.2, 0.25) is 0 Å². The minimum atomic E-state index is -1.14. The van der Waals surface area contributed by atoms with Gasteiger partial charge in [0, 0.05) is 44.1 Å². The molecule has 0 bridgehead atoms. The highest BCUT2D eigenvalue weighted by Crippen LogP contribution is 2.37. The van der Waals surface area contributed by atoms with Crippen molar-refractivity contribution in [1.29, 1.82) is 0 Å². The Labute approximate surface area is 196 Å². The third-order valence-electron chi connectivity index (χ3n) is 6.30. The molecule has 9 nitrogen and oxygen atoms in total. The normalized spacial score (nSPS) is 19.9. The number of amides is 1. The summed E-state index contributed by atoms with van der Waals surface area (Å²) >= 11 is 5.93. The fourth-order valence-corrected chi connectivity index (χ4v) is 4.71. The van der Waals surface area contributed by atoms with Crippen LogP contribution in [0.1, 0.15) is 46.0 Å². The maximum absolute atomic E-state index is 13.3. The van der Waals surface area contributed by atoms with Gasteiger partial charge in [-0.3, -0.25) is 14.7 Å². The van der Waals surface area contributed by atoms with Gasteiger partial charge in [-0.1, -0.05) is 28.9 Å². The molecule has 10 heteroatoms. The van der Waals surface area contributed by atoms with Gasteiger partial charge in [-0.2, -0.15) is 0 Å². The molecule has 0 saturated carbocycles. The Hall–Kier alpha value is -2.85. The topological polar surface area (TPSA) is 96.6 Å². The van der Waals surface area contributed by atoms with Crippen LogP contribution >= 0.6 is 11.6 Å². The first-order valence-electron chi connectivity index (χ1n) is 10.8. The number of nitrogens with zero attached hydrogens (tertiary/aromatic N) is 6. The molecular weight excluding hydrogens is 444 g/mol. The smallest absolute Gasteiger partial charge is 0.256 e. The predicted molar refractivity (Wildman–Crippen MR) is 120 cm³/mol. The van der Waals surface area contributed by atoms with Crippen molar-refractivity contribution in [3.8, 4) is 0 Å². The minimum absolute atomic E-state index is 0.154. The van der Waals surface area contributed by atoms with Crippen LogP contribution < -0.4 is 0 Å². The number of aromatic nitrogens is 4. The van der Waals surface area contributed by atoms with Crippen LogP contribution in [0.15, 0.2) is 42.7 Å². The van der Waals surface area contributed by atoms with Crippen LogP contribution in [0.3, 0.4) is 0 Å².